The number of Topliss-reactive ketones (excluding diaryl/α,β-unsaturated/α-hetero) is 1. The fourth-order valence-electron chi connectivity index (χ4n) is 8.48. The summed E-state index contributed by atoms with van der Waals surface area (Å²) in [4.78, 5) is 38.0. The number of ketones is 1. The van der Waals surface area contributed by atoms with E-state index in [0.29, 0.717) is 24.0 Å². The summed E-state index contributed by atoms with van der Waals surface area (Å²) in [5.41, 5.74) is -3.36. The van der Waals surface area contributed by atoms with Gasteiger partial charge in [-0.1, -0.05) is 71.1 Å². The second-order valence-electron chi connectivity index (χ2n) is 13.7. The van der Waals surface area contributed by atoms with Crippen LogP contribution in [-0.2, 0) is 23.9 Å². The zero-order valence-electron chi connectivity index (χ0n) is 25.7. The molecule has 2 N–H and O–H groups in total. The Morgan fingerprint density at radius 1 is 1.07 bits per heavy atom. The SMILES string of the molecule is C=CCCCCCCCCCC(=O)O[C@]12C[C@@H](C)[C@@]3(O)[C@@H](C=C(COC(C)=O)C[C@]4(O)C(=O)C(C)=C[C@@H]34)[C@H]1C2(C)C. The number of ether oxygens (including phenoxy) is 2. The first kappa shape index (κ1) is 31.7. The van der Waals surface area contributed by atoms with E-state index in [1.165, 1.54) is 32.6 Å². The molecule has 0 unspecified atom stereocenters. The van der Waals surface area contributed by atoms with Gasteiger partial charge in [-0.05, 0) is 49.7 Å². The molecule has 4 aliphatic rings. The Balaban J connectivity index is 1.50. The van der Waals surface area contributed by atoms with Crippen LogP contribution in [0.15, 0.2) is 36.0 Å². The first-order valence-corrected chi connectivity index (χ1v) is 15.6. The van der Waals surface area contributed by atoms with Crippen molar-refractivity contribution in [3.05, 3.63) is 36.0 Å². The molecule has 0 amide bonds. The van der Waals surface area contributed by atoms with Crippen molar-refractivity contribution in [1.29, 1.82) is 0 Å². The van der Waals surface area contributed by atoms with Crippen LogP contribution in [0, 0.1) is 29.1 Å². The number of rotatable bonds is 13. The highest BCUT2D eigenvalue weighted by Gasteiger charge is 2.83. The third-order valence-electron chi connectivity index (χ3n) is 10.7. The fraction of sp³-hybridized carbons (Fsp3) is 0.735. The van der Waals surface area contributed by atoms with E-state index in [4.69, 9.17) is 9.47 Å². The maximum absolute atomic E-state index is 13.2. The van der Waals surface area contributed by atoms with Crippen molar-refractivity contribution in [2.75, 3.05) is 6.61 Å². The molecule has 0 bridgehead atoms. The van der Waals surface area contributed by atoms with Gasteiger partial charge in [0.15, 0.2) is 5.78 Å². The predicted molar refractivity (Wildman–Crippen MR) is 157 cm³/mol. The van der Waals surface area contributed by atoms with E-state index in [-0.39, 0.29) is 30.8 Å². The Morgan fingerprint density at radius 3 is 2.34 bits per heavy atom. The summed E-state index contributed by atoms with van der Waals surface area (Å²) in [6.07, 6.45) is 15.2. The lowest BCUT2D eigenvalue weighted by Crippen LogP contribution is -2.61. The van der Waals surface area contributed by atoms with Crippen LogP contribution in [0.2, 0.25) is 0 Å². The molecular weight excluding hydrogens is 520 g/mol. The normalized spacial score (nSPS) is 36.6. The van der Waals surface area contributed by atoms with Crippen LogP contribution < -0.4 is 0 Å². The van der Waals surface area contributed by atoms with Gasteiger partial charge in [-0.3, -0.25) is 14.4 Å². The molecule has 0 aromatic heterocycles. The Hall–Kier alpha value is -2.25. The molecule has 0 aromatic rings. The number of esters is 2. The zero-order valence-corrected chi connectivity index (χ0v) is 25.7. The van der Waals surface area contributed by atoms with Crippen LogP contribution in [0.3, 0.4) is 0 Å². The monoisotopic (exact) mass is 570 g/mol. The Bertz CT molecular complexity index is 1120. The molecule has 2 saturated carbocycles. The molecule has 7 atom stereocenters. The van der Waals surface area contributed by atoms with E-state index in [0.717, 1.165) is 25.7 Å². The van der Waals surface area contributed by atoms with Gasteiger partial charge in [0.05, 0.1) is 5.60 Å². The third kappa shape index (κ3) is 5.49. The van der Waals surface area contributed by atoms with Crippen LogP contribution in [-0.4, -0.2) is 51.3 Å². The number of unbranched alkanes of at least 4 members (excludes halogenated alkanes) is 7. The molecule has 4 rings (SSSR count). The molecule has 0 spiro atoms. The second-order valence-corrected chi connectivity index (χ2v) is 13.7. The average Bonchev–Trinajstić information content (AvgIpc) is 3.30. The molecule has 228 valence electrons. The van der Waals surface area contributed by atoms with Crippen molar-refractivity contribution in [1.82, 2.24) is 0 Å². The van der Waals surface area contributed by atoms with Crippen molar-refractivity contribution in [2.24, 2.45) is 29.1 Å². The lowest BCUT2D eigenvalue weighted by Gasteiger charge is -2.50. The predicted octanol–water partition coefficient (Wildman–Crippen LogP) is 5.78. The molecule has 0 aromatic carbocycles. The largest absolute Gasteiger partial charge is 0.461 e. The first-order valence-electron chi connectivity index (χ1n) is 15.6. The van der Waals surface area contributed by atoms with E-state index in [1.807, 2.05) is 19.1 Å². The summed E-state index contributed by atoms with van der Waals surface area (Å²) >= 11 is 0. The van der Waals surface area contributed by atoms with Gasteiger partial charge in [0, 0.05) is 42.9 Å². The zero-order chi connectivity index (χ0) is 30.2. The highest BCUT2D eigenvalue weighted by molar-refractivity contribution is 6.04. The third-order valence-corrected chi connectivity index (χ3v) is 10.7. The summed E-state index contributed by atoms with van der Waals surface area (Å²) < 4.78 is 11.6. The summed E-state index contributed by atoms with van der Waals surface area (Å²) in [5, 5.41) is 24.3. The van der Waals surface area contributed by atoms with Crippen LogP contribution in [0.5, 0.6) is 0 Å². The first-order chi connectivity index (χ1) is 19.3. The van der Waals surface area contributed by atoms with E-state index in [9.17, 15) is 24.6 Å². The van der Waals surface area contributed by atoms with Crippen LogP contribution >= 0.6 is 0 Å². The molecule has 2 fully saturated rings. The number of fused-ring (bicyclic) bond motifs is 5. The lowest BCUT2D eigenvalue weighted by molar-refractivity contribution is -0.187. The van der Waals surface area contributed by atoms with Gasteiger partial charge in [-0.2, -0.15) is 0 Å². The van der Waals surface area contributed by atoms with E-state index < -0.39 is 45.8 Å². The molecule has 0 aliphatic heterocycles. The van der Waals surface area contributed by atoms with Crippen molar-refractivity contribution >= 4 is 17.7 Å². The molecule has 0 heterocycles. The molecule has 41 heavy (non-hydrogen) atoms. The number of aliphatic hydroxyl groups is 2. The topological polar surface area (TPSA) is 110 Å². The molecule has 4 aliphatic carbocycles. The fourth-order valence-corrected chi connectivity index (χ4v) is 8.48. The van der Waals surface area contributed by atoms with Gasteiger partial charge in [0.1, 0.15) is 17.8 Å². The van der Waals surface area contributed by atoms with Gasteiger partial charge in [0.2, 0.25) is 0 Å². The molecule has 0 saturated heterocycles. The van der Waals surface area contributed by atoms with Gasteiger partial charge >= 0.3 is 11.9 Å². The van der Waals surface area contributed by atoms with Crippen LogP contribution in [0.25, 0.3) is 0 Å². The smallest absolute Gasteiger partial charge is 0.306 e. The van der Waals surface area contributed by atoms with Crippen molar-refractivity contribution < 1.29 is 34.1 Å². The quantitative estimate of drug-likeness (QED) is 0.164. The minimum absolute atomic E-state index is 0.0165. The van der Waals surface area contributed by atoms with Crippen molar-refractivity contribution in [2.45, 2.75) is 122 Å². The molecule has 7 nitrogen and oxygen atoms in total. The minimum atomic E-state index is -1.81. The number of carbonyl (C=O) groups is 3. The summed E-state index contributed by atoms with van der Waals surface area (Å²) in [6, 6.07) is 0. The van der Waals surface area contributed by atoms with Gasteiger partial charge in [0.25, 0.3) is 0 Å². The minimum Gasteiger partial charge on any atom is -0.461 e. The number of hydrogen-bond donors (Lipinski definition) is 2. The van der Waals surface area contributed by atoms with Gasteiger partial charge < -0.3 is 19.7 Å². The Kier molecular flexibility index (Phi) is 9.11. The van der Waals surface area contributed by atoms with Crippen LogP contribution in [0.4, 0.5) is 0 Å². The van der Waals surface area contributed by atoms with Crippen molar-refractivity contribution in [3.63, 3.8) is 0 Å². The lowest BCUT2D eigenvalue weighted by atomic mass is 9.60. The van der Waals surface area contributed by atoms with Gasteiger partial charge in [-0.25, -0.2) is 0 Å². The Labute approximate surface area is 245 Å². The van der Waals surface area contributed by atoms with E-state index in [2.05, 4.69) is 20.4 Å². The van der Waals surface area contributed by atoms with E-state index >= 15 is 0 Å². The second kappa shape index (κ2) is 11.8. The van der Waals surface area contributed by atoms with Gasteiger partial charge in [-0.15, -0.1) is 6.58 Å². The maximum atomic E-state index is 13.2. The summed E-state index contributed by atoms with van der Waals surface area (Å²) in [6.45, 7) is 12.8. The highest BCUT2D eigenvalue weighted by atomic mass is 16.6. The van der Waals surface area contributed by atoms with E-state index in [1.54, 1.807) is 13.0 Å². The standard InChI is InChI=1S/C34H50O7/c1-7-8-9-10-11-12-13-14-15-16-28(36)41-33-19-23(3)34(39)26(29(33)31(33,5)6)18-25(21-40-24(4)35)20-32(38)27(34)17-22(2)30(32)37/h7,17-18,23,26-27,29,38-39H,1,8-16,19-21H2,2-6H3/t23-,26+,27-,29+,32-,33-,34-/m1/s1. The summed E-state index contributed by atoms with van der Waals surface area (Å²) in [7, 11) is 0. The number of hydrogen-bond acceptors (Lipinski definition) is 7. The maximum Gasteiger partial charge on any atom is 0.306 e. The summed E-state index contributed by atoms with van der Waals surface area (Å²) in [5.74, 6) is -2.92. The van der Waals surface area contributed by atoms with Crippen LogP contribution in [0.1, 0.15) is 105 Å². The molecule has 7 heteroatoms. The van der Waals surface area contributed by atoms with Crippen molar-refractivity contribution in [3.8, 4) is 0 Å². The highest BCUT2D eigenvalue weighted by Crippen LogP contribution is 2.76. The molecule has 0 radical (unpaired) electrons. The molecular formula is C34H50O7. The number of allylic oxidation sites excluding steroid dienone is 1. The Morgan fingerprint density at radius 2 is 1.71 bits per heavy atom. The number of carbonyl (C=O) groups excluding carboxylic acids is 3. The average molecular weight is 571 g/mol.